The van der Waals surface area contributed by atoms with Crippen molar-refractivity contribution in [2.24, 2.45) is 5.92 Å². The summed E-state index contributed by atoms with van der Waals surface area (Å²) in [7, 11) is 0. The number of hydrogen-bond acceptors (Lipinski definition) is 3. The van der Waals surface area contributed by atoms with E-state index in [0.717, 1.165) is 25.8 Å². The Morgan fingerprint density at radius 1 is 1.25 bits per heavy atom. The Hall–Kier alpha value is -1.06. The third-order valence-electron chi connectivity index (χ3n) is 2.62. The Labute approximate surface area is 96.9 Å². The summed E-state index contributed by atoms with van der Waals surface area (Å²) in [6, 6.07) is 0. The van der Waals surface area contributed by atoms with Crippen molar-refractivity contribution in [2.75, 3.05) is 19.7 Å². The zero-order valence-electron chi connectivity index (χ0n) is 10.2. The van der Waals surface area contributed by atoms with E-state index in [0.29, 0.717) is 19.6 Å². The molecule has 4 nitrogen and oxygen atoms in total. The summed E-state index contributed by atoms with van der Waals surface area (Å²) in [6.07, 6.45) is 3.27. The second kappa shape index (κ2) is 6.51. The molecule has 1 rings (SSSR count). The van der Waals surface area contributed by atoms with Gasteiger partial charge in [0.25, 0.3) is 0 Å². The normalized spacial score (nSPS) is 14.6. The summed E-state index contributed by atoms with van der Waals surface area (Å²) in [4.78, 5) is 24.8. The first-order chi connectivity index (χ1) is 7.69. The molecule has 0 spiro atoms. The lowest BCUT2D eigenvalue weighted by Gasteiger charge is -2.21. The van der Waals surface area contributed by atoms with E-state index >= 15 is 0 Å². The van der Waals surface area contributed by atoms with Gasteiger partial charge in [-0.05, 0) is 26.2 Å². The van der Waals surface area contributed by atoms with Crippen molar-refractivity contribution >= 4 is 11.9 Å². The summed E-state index contributed by atoms with van der Waals surface area (Å²) >= 11 is 0. The number of amides is 1. The molecule has 0 aromatic heterocycles. The number of nitrogens with zero attached hydrogens (tertiary/aromatic N) is 1. The lowest BCUT2D eigenvalue weighted by molar-refractivity contribution is -0.144. The minimum absolute atomic E-state index is 0.214. The second-order valence-corrected chi connectivity index (χ2v) is 4.15. The molecule has 0 radical (unpaired) electrons. The highest BCUT2D eigenvalue weighted by Gasteiger charge is 2.33. The van der Waals surface area contributed by atoms with Gasteiger partial charge in [0.05, 0.1) is 13.0 Å². The molecule has 0 unspecified atom stereocenters. The van der Waals surface area contributed by atoms with E-state index in [2.05, 4.69) is 0 Å². The van der Waals surface area contributed by atoms with Gasteiger partial charge in [-0.2, -0.15) is 0 Å². The molecule has 1 amide bonds. The molecule has 0 saturated heterocycles. The molecule has 1 saturated carbocycles. The van der Waals surface area contributed by atoms with Crippen molar-refractivity contribution in [3.8, 4) is 0 Å². The summed E-state index contributed by atoms with van der Waals surface area (Å²) in [6.45, 7) is 5.48. The van der Waals surface area contributed by atoms with Gasteiger partial charge in [0, 0.05) is 19.0 Å². The number of carbonyl (C=O) groups excluding carboxylic acids is 2. The predicted molar refractivity (Wildman–Crippen MR) is 60.8 cm³/mol. The average Bonchev–Trinajstić information content (AvgIpc) is 3.07. The van der Waals surface area contributed by atoms with Crippen molar-refractivity contribution in [1.29, 1.82) is 0 Å². The first kappa shape index (κ1) is 13.0. The zero-order chi connectivity index (χ0) is 12.0. The lowest BCUT2D eigenvalue weighted by atomic mass is 10.3. The Morgan fingerprint density at radius 2 is 1.94 bits per heavy atom. The molecule has 1 aliphatic carbocycles. The molecule has 0 atom stereocenters. The Bertz CT molecular complexity index is 249. The maximum absolute atomic E-state index is 11.8. The van der Waals surface area contributed by atoms with Gasteiger partial charge in [-0.3, -0.25) is 9.59 Å². The highest BCUT2D eigenvalue weighted by atomic mass is 16.5. The van der Waals surface area contributed by atoms with Gasteiger partial charge in [0.2, 0.25) is 5.91 Å². The molecule has 0 heterocycles. The third kappa shape index (κ3) is 4.21. The van der Waals surface area contributed by atoms with Crippen molar-refractivity contribution in [2.45, 2.75) is 39.5 Å². The van der Waals surface area contributed by atoms with Crippen molar-refractivity contribution in [3.05, 3.63) is 0 Å². The monoisotopic (exact) mass is 227 g/mol. The van der Waals surface area contributed by atoms with Crippen LogP contribution in [0.15, 0.2) is 0 Å². The van der Waals surface area contributed by atoms with Crippen molar-refractivity contribution in [1.82, 2.24) is 4.90 Å². The largest absolute Gasteiger partial charge is 0.466 e. The molecular formula is C12H21NO3. The zero-order valence-corrected chi connectivity index (χ0v) is 10.2. The van der Waals surface area contributed by atoms with Gasteiger partial charge in [-0.25, -0.2) is 0 Å². The topological polar surface area (TPSA) is 46.6 Å². The van der Waals surface area contributed by atoms with Gasteiger partial charge in [0.15, 0.2) is 0 Å². The Morgan fingerprint density at radius 3 is 2.44 bits per heavy atom. The molecule has 1 fully saturated rings. The standard InChI is InChI=1S/C12H21NO3/c1-3-8-13(12(15)10-5-6-10)9-7-11(14)16-4-2/h10H,3-9H2,1-2H3. The SMILES string of the molecule is CCCN(CCC(=O)OCC)C(=O)C1CC1. The maximum atomic E-state index is 11.8. The Kier molecular flexibility index (Phi) is 5.29. The molecule has 0 aromatic carbocycles. The van der Waals surface area contributed by atoms with Crippen molar-refractivity contribution < 1.29 is 14.3 Å². The van der Waals surface area contributed by atoms with Crippen LogP contribution in [0.1, 0.15) is 39.5 Å². The smallest absolute Gasteiger partial charge is 0.307 e. The van der Waals surface area contributed by atoms with Crippen LogP contribution in [0.2, 0.25) is 0 Å². The van der Waals surface area contributed by atoms with Crippen LogP contribution in [0.25, 0.3) is 0 Å². The van der Waals surface area contributed by atoms with E-state index < -0.39 is 0 Å². The molecule has 16 heavy (non-hydrogen) atoms. The molecule has 4 heteroatoms. The third-order valence-corrected chi connectivity index (χ3v) is 2.62. The van der Waals surface area contributed by atoms with E-state index in [4.69, 9.17) is 4.74 Å². The minimum atomic E-state index is -0.216. The lowest BCUT2D eigenvalue weighted by Crippen LogP contribution is -2.35. The van der Waals surface area contributed by atoms with E-state index in [1.54, 1.807) is 11.8 Å². The van der Waals surface area contributed by atoms with Gasteiger partial charge in [-0.15, -0.1) is 0 Å². The minimum Gasteiger partial charge on any atom is -0.466 e. The number of hydrogen-bond donors (Lipinski definition) is 0. The molecule has 1 aliphatic rings. The van der Waals surface area contributed by atoms with Gasteiger partial charge >= 0.3 is 5.97 Å². The molecular weight excluding hydrogens is 206 g/mol. The number of ether oxygens (including phenoxy) is 1. The fourth-order valence-electron chi connectivity index (χ4n) is 1.65. The van der Waals surface area contributed by atoms with Gasteiger partial charge in [0.1, 0.15) is 0 Å². The average molecular weight is 227 g/mol. The highest BCUT2D eigenvalue weighted by molar-refractivity contribution is 5.81. The quantitative estimate of drug-likeness (QED) is 0.620. The van der Waals surface area contributed by atoms with Crippen LogP contribution in [0.4, 0.5) is 0 Å². The number of carbonyl (C=O) groups is 2. The highest BCUT2D eigenvalue weighted by Crippen LogP contribution is 2.31. The van der Waals surface area contributed by atoms with Crippen LogP contribution in [0, 0.1) is 5.92 Å². The summed E-state index contributed by atoms with van der Waals surface area (Å²) in [5.74, 6) is 0.229. The van der Waals surface area contributed by atoms with Crippen LogP contribution in [-0.2, 0) is 14.3 Å². The molecule has 0 N–H and O–H groups in total. The molecule has 92 valence electrons. The molecule has 0 aromatic rings. The maximum Gasteiger partial charge on any atom is 0.307 e. The van der Waals surface area contributed by atoms with E-state index in [1.165, 1.54) is 0 Å². The van der Waals surface area contributed by atoms with Crippen LogP contribution in [0.3, 0.4) is 0 Å². The fraction of sp³-hybridized carbons (Fsp3) is 0.833. The summed E-state index contributed by atoms with van der Waals surface area (Å²) in [5.41, 5.74) is 0. The van der Waals surface area contributed by atoms with E-state index in [1.807, 2.05) is 6.92 Å². The number of esters is 1. The van der Waals surface area contributed by atoms with Gasteiger partial charge < -0.3 is 9.64 Å². The number of rotatable bonds is 7. The second-order valence-electron chi connectivity index (χ2n) is 4.15. The Balaban J connectivity index is 2.32. The summed E-state index contributed by atoms with van der Waals surface area (Å²) in [5, 5.41) is 0. The van der Waals surface area contributed by atoms with Crippen LogP contribution < -0.4 is 0 Å². The molecule has 0 bridgehead atoms. The predicted octanol–water partition coefficient (Wildman–Crippen LogP) is 1.59. The van der Waals surface area contributed by atoms with Crippen LogP contribution >= 0.6 is 0 Å². The van der Waals surface area contributed by atoms with E-state index in [9.17, 15) is 9.59 Å². The fourth-order valence-corrected chi connectivity index (χ4v) is 1.65. The van der Waals surface area contributed by atoms with Crippen LogP contribution in [-0.4, -0.2) is 36.5 Å². The summed E-state index contributed by atoms with van der Waals surface area (Å²) < 4.78 is 4.85. The van der Waals surface area contributed by atoms with Gasteiger partial charge in [-0.1, -0.05) is 6.92 Å². The first-order valence-corrected chi connectivity index (χ1v) is 6.13. The first-order valence-electron chi connectivity index (χ1n) is 6.13. The molecule has 0 aliphatic heterocycles. The van der Waals surface area contributed by atoms with E-state index in [-0.39, 0.29) is 17.8 Å². The van der Waals surface area contributed by atoms with Crippen molar-refractivity contribution in [3.63, 3.8) is 0 Å². The van der Waals surface area contributed by atoms with Crippen LogP contribution in [0.5, 0.6) is 0 Å².